The minimum atomic E-state index is -0.213. The molecular weight excluding hydrogens is 462 g/mol. The quantitative estimate of drug-likeness (QED) is 0.242. The predicted molar refractivity (Wildman–Crippen MR) is 115 cm³/mol. The van der Waals surface area contributed by atoms with Gasteiger partial charge >= 0.3 is 0 Å². The fourth-order valence-electron chi connectivity index (χ4n) is 2.34. The summed E-state index contributed by atoms with van der Waals surface area (Å²) in [6.45, 7) is 5.20. The van der Waals surface area contributed by atoms with Crippen LogP contribution in [-0.4, -0.2) is 32.0 Å². The van der Waals surface area contributed by atoms with Crippen molar-refractivity contribution in [2.75, 3.05) is 20.1 Å². The standard InChI is InChI=1S/C19H25FN4O2.HI/c1-13-5-6-15(11-16(13)20)12-24-19(21-3)23-9-4-8-22-18(25)17-14(2)7-10-26-17;/h5-7,10-11H,4,8-9,12H2,1-3H3,(H,22,25)(H2,21,23,24);1H. The molecule has 2 aromatic rings. The van der Waals surface area contributed by atoms with Gasteiger partial charge in [-0.05, 0) is 43.5 Å². The van der Waals surface area contributed by atoms with Crippen LogP contribution in [0.3, 0.4) is 0 Å². The summed E-state index contributed by atoms with van der Waals surface area (Å²) in [5.41, 5.74) is 2.29. The minimum absolute atomic E-state index is 0. The molecule has 1 heterocycles. The number of furan rings is 1. The zero-order valence-electron chi connectivity index (χ0n) is 15.8. The number of benzene rings is 1. The first kappa shape index (κ1) is 22.9. The second kappa shape index (κ2) is 11.6. The largest absolute Gasteiger partial charge is 0.459 e. The van der Waals surface area contributed by atoms with Crippen molar-refractivity contribution in [1.82, 2.24) is 16.0 Å². The molecule has 0 fully saturated rings. The molecule has 27 heavy (non-hydrogen) atoms. The molecule has 0 saturated carbocycles. The number of nitrogens with zero attached hydrogens (tertiary/aromatic N) is 1. The fourth-order valence-corrected chi connectivity index (χ4v) is 2.34. The summed E-state index contributed by atoms with van der Waals surface area (Å²) in [5, 5.41) is 9.10. The molecule has 6 nitrogen and oxygen atoms in total. The van der Waals surface area contributed by atoms with Crippen molar-refractivity contribution < 1.29 is 13.6 Å². The Morgan fingerprint density at radius 1 is 1.11 bits per heavy atom. The summed E-state index contributed by atoms with van der Waals surface area (Å²) in [5.74, 6) is 0.547. The van der Waals surface area contributed by atoms with Gasteiger partial charge in [-0.2, -0.15) is 0 Å². The van der Waals surface area contributed by atoms with Crippen molar-refractivity contribution in [2.24, 2.45) is 4.99 Å². The average Bonchev–Trinajstić information content (AvgIpc) is 3.06. The lowest BCUT2D eigenvalue weighted by atomic mass is 10.1. The Morgan fingerprint density at radius 3 is 2.48 bits per heavy atom. The van der Waals surface area contributed by atoms with Crippen molar-refractivity contribution in [3.63, 3.8) is 0 Å². The third-order valence-electron chi connectivity index (χ3n) is 3.92. The summed E-state index contributed by atoms with van der Waals surface area (Å²) >= 11 is 0. The molecule has 0 aliphatic rings. The van der Waals surface area contributed by atoms with E-state index in [9.17, 15) is 9.18 Å². The lowest BCUT2D eigenvalue weighted by molar-refractivity contribution is 0.0925. The molecule has 0 aliphatic carbocycles. The van der Waals surface area contributed by atoms with E-state index in [1.807, 2.05) is 13.0 Å². The normalized spacial score (nSPS) is 10.9. The van der Waals surface area contributed by atoms with Gasteiger partial charge in [0.1, 0.15) is 5.82 Å². The molecule has 1 amide bonds. The van der Waals surface area contributed by atoms with Gasteiger partial charge in [-0.3, -0.25) is 9.79 Å². The maximum absolute atomic E-state index is 13.6. The molecule has 3 N–H and O–H groups in total. The summed E-state index contributed by atoms with van der Waals surface area (Å²) < 4.78 is 18.7. The zero-order valence-corrected chi connectivity index (χ0v) is 18.1. The van der Waals surface area contributed by atoms with E-state index in [1.54, 1.807) is 26.1 Å². The second-order valence-electron chi connectivity index (χ2n) is 5.98. The smallest absolute Gasteiger partial charge is 0.287 e. The van der Waals surface area contributed by atoms with E-state index in [1.165, 1.54) is 12.3 Å². The Kier molecular flexibility index (Phi) is 9.84. The number of rotatable bonds is 7. The number of hydrogen-bond acceptors (Lipinski definition) is 3. The third kappa shape index (κ3) is 7.20. The Labute approximate surface area is 176 Å². The van der Waals surface area contributed by atoms with E-state index in [-0.39, 0.29) is 35.7 Å². The van der Waals surface area contributed by atoms with Gasteiger partial charge in [0, 0.05) is 32.2 Å². The van der Waals surface area contributed by atoms with Crippen molar-refractivity contribution in [1.29, 1.82) is 0 Å². The van der Waals surface area contributed by atoms with Gasteiger partial charge in [-0.15, -0.1) is 24.0 Å². The third-order valence-corrected chi connectivity index (χ3v) is 3.92. The number of guanidine groups is 1. The van der Waals surface area contributed by atoms with Crippen LogP contribution in [0.1, 0.15) is 33.7 Å². The zero-order chi connectivity index (χ0) is 18.9. The van der Waals surface area contributed by atoms with Crippen molar-refractivity contribution in [3.05, 3.63) is 58.8 Å². The first-order valence-electron chi connectivity index (χ1n) is 8.53. The Hall–Kier alpha value is -2.10. The van der Waals surface area contributed by atoms with Crippen molar-refractivity contribution in [2.45, 2.75) is 26.8 Å². The Balaban J connectivity index is 0.00000364. The SMILES string of the molecule is CN=C(NCCCNC(=O)c1occc1C)NCc1ccc(C)c(F)c1.I. The first-order valence-corrected chi connectivity index (χ1v) is 8.53. The second-order valence-corrected chi connectivity index (χ2v) is 5.98. The first-order chi connectivity index (χ1) is 12.5. The summed E-state index contributed by atoms with van der Waals surface area (Å²) in [6.07, 6.45) is 2.23. The van der Waals surface area contributed by atoms with Crippen LogP contribution in [0.4, 0.5) is 4.39 Å². The van der Waals surface area contributed by atoms with E-state index < -0.39 is 0 Å². The highest BCUT2D eigenvalue weighted by atomic mass is 127. The van der Waals surface area contributed by atoms with E-state index in [4.69, 9.17) is 4.42 Å². The number of nitrogens with one attached hydrogen (secondary N) is 3. The van der Waals surface area contributed by atoms with Gasteiger partial charge in [0.05, 0.1) is 6.26 Å². The highest BCUT2D eigenvalue weighted by Gasteiger charge is 2.11. The van der Waals surface area contributed by atoms with Crippen molar-refractivity contribution >= 4 is 35.8 Å². The van der Waals surface area contributed by atoms with Gasteiger partial charge in [-0.25, -0.2) is 4.39 Å². The number of amides is 1. The molecule has 0 spiro atoms. The highest BCUT2D eigenvalue weighted by molar-refractivity contribution is 14.0. The summed E-state index contributed by atoms with van der Waals surface area (Å²) in [4.78, 5) is 16.0. The number of aryl methyl sites for hydroxylation is 2. The molecule has 1 aromatic heterocycles. The average molecular weight is 488 g/mol. The predicted octanol–water partition coefficient (Wildman–Crippen LogP) is 3.14. The minimum Gasteiger partial charge on any atom is -0.459 e. The highest BCUT2D eigenvalue weighted by Crippen LogP contribution is 2.09. The number of carbonyl (C=O) groups is 1. The maximum Gasteiger partial charge on any atom is 0.287 e. The lowest BCUT2D eigenvalue weighted by Gasteiger charge is -2.12. The van der Waals surface area contributed by atoms with Gasteiger partial charge in [0.15, 0.2) is 11.7 Å². The molecule has 0 unspecified atom stereocenters. The van der Waals surface area contributed by atoms with Gasteiger partial charge in [0.2, 0.25) is 0 Å². The van der Waals surface area contributed by atoms with Crippen LogP contribution < -0.4 is 16.0 Å². The van der Waals surface area contributed by atoms with E-state index in [0.717, 1.165) is 17.5 Å². The van der Waals surface area contributed by atoms with E-state index >= 15 is 0 Å². The molecule has 2 rings (SSSR count). The van der Waals surface area contributed by atoms with Crippen LogP contribution in [0.15, 0.2) is 39.9 Å². The van der Waals surface area contributed by atoms with Gasteiger partial charge in [-0.1, -0.05) is 12.1 Å². The van der Waals surface area contributed by atoms with E-state index in [2.05, 4.69) is 20.9 Å². The molecule has 8 heteroatoms. The molecule has 0 radical (unpaired) electrons. The number of aliphatic imine (C=N–C) groups is 1. The molecular formula is C19H26FIN4O2. The molecule has 148 valence electrons. The van der Waals surface area contributed by atoms with Crippen molar-refractivity contribution in [3.8, 4) is 0 Å². The van der Waals surface area contributed by atoms with Gasteiger partial charge < -0.3 is 20.4 Å². The van der Waals surface area contributed by atoms with Crippen LogP contribution in [0, 0.1) is 19.7 Å². The van der Waals surface area contributed by atoms with Crippen LogP contribution in [-0.2, 0) is 6.54 Å². The summed E-state index contributed by atoms with van der Waals surface area (Å²) in [7, 11) is 1.67. The summed E-state index contributed by atoms with van der Waals surface area (Å²) in [6, 6.07) is 6.91. The van der Waals surface area contributed by atoms with Crippen LogP contribution in [0.5, 0.6) is 0 Å². The van der Waals surface area contributed by atoms with Crippen LogP contribution >= 0.6 is 24.0 Å². The molecule has 0 bridgehead atoms. The molecule has 1 aromatic carbocycles. The lowest BCUT2D eigenvalue weighted by Crippen LogP contribution is -2.38. The Bertz CT molecular complexity index is 777. The number of carbonyl (C=O) groups excluding carboxylic acids is 1. The molecule has 0 atom stereocenters. The monoisotopic (exact) mass is 488 g/mol. The van der Waals surface area contributed by atoms with E-state index in [0.29, 0.717) is 36.9 Å². The van der Waals surface area contributed by atoms with Gasteiger partial charge in [0.25, 0.3) is 5.91 Å². The molecule has 0 saturated heterocycles. The molecule has 0 aliphatic heterocycles. The topological polar surface area (TPSA) is 78.7 Å². The van der Waals surface area contributed by atoms with Crippen LogP contribution in [0.25, 0.3) is 0 Å². The fraction of sp³-hybridized carbons (Fsp3) is 0.368. The number of hydrogen-bond donors (Lipinski definition) is 3. The number of halogens is 2. The van der Waals surface area contributed by atoms with Crippen LogP contribution in [0.2, 0.25) is 0 Å². The maximum atomic E-state index is 13.6. The Morgan fingerprint density at radius 2 is 1.85 bits per heavy atom.